The van der Waals surface area contributed by atoms with Gasteiger partial charge in [0, 0.05) is 0 Å². The van der Waals surface area contributed by atoms with E-state index in [1.54, 1.807) is 0 Å². The molecule has 1 nitrogen and oxygen atoms in total. The van der Waals surface area contributed by atoms with Crippen LogP contribution in [0.15, 0.2) is 97.2 Å². The molecule has 0 amide bonds. The Morgan fingerprint density at radius 1 is 0.565 bits per heavy atom. The second-order valence-electron chi connectivity index (χ2n) is 5.36. The first-order chi connectivity index (χ1) is 11.4. The average molecular weight is 357 g/mol. The van der Waals surface area contributed by atoms with E-state index >= 15 is 0 Å². The van der Waals surface area contributed by atoms with Crippen molar-refractivity contribution in [2.75, 3.05) is 0 Å². The van der Waals surface area contributed by atoms with E-state index in [0.29, 0.717) is 0 Å². The third kappa shape index (κ3) is 2.81. The molecule has 0 saturated carbocycles. The van der Waals surface area contributed by atoms with Gasteiger partial charge in [-0.3, -0.25) is 0 Å². The van der Waals surface area contributed by atoms with Crippen molar-refractivity contribution < 1.29 is 0 Å². The molecule has 0 saturated heterocycles. The number of rotatable bonds is 3. The minimum atomic E-state index is -1.61. The zero-order valence-electron chi connectivity index (χ0n) is 12.6. The first-order valence-electron chi connectivity index (χ1n) is 7.67. The van der Waals surface area contributed by atoms with Gasteiger partial charge < -0.3 is 0 Å². The van der Waals surface area contributed by atoms with Crippen molar-refractivity contribution in [3.63, 3.8) is 0 Å². The Kier molecular flexibility index (Phi) is 3.96. The maximum atomic E-state index is 4.69. The van der Waals surface area contributed by atoms with Crippen molar-refractivity contribution in [3.8, 4) is 0 Å². The van der Waals surface area contributed by atoms with E-state index in [4.69, 9.17) is 0 Å². The summed E-state index contributed by atoms with van der Waals surface area (Å²) in [6.45, 7) is 0. The zero-order chi connectivity index (χ0) is 15.5. The SMILES string of the molecule is c1ccc([As](c2ccccc2)c2cccc3cccnc23)cc1. The summed E-state index contributed by atoms with van der Waals surface area (Å²) in [5.41, 5.74) is 1.14. The molecule has 0 fully saturated rings. The van der Waals surface area contributed by atoms with E-state index in [0.717, 1.165) is 5.52 Å². The van der Waals surface area contributed by atoms with E-state index in [1.807, 2.05) is 12.3 Å². The fourth-order valence-corrected chi connectivity index (χ4v) is 7.95. The van der Waals surface area contributed by atoms with E-state index < -0.39 is 14.7 Å². The molecule has 4 aromatic rings. The molecule has 110 valence electrons. The van der Waals surface area contributed by atoms with Gasteiger partial charge in [-0.25, -0.2) is 0 Å². The molecule has 0 N–H and O–H groups in total. The summed E-state index contributed by atoms with van der Waals surface area (Å²) in [6.07, 6.45) is 1.90. The van der Waals surface area contributed by atoms with Gasteiger partial charge in [-0.2, -0.15) is 0 Å². The normalized spacial score (nSPS) is 11.0. The third-order valence-corrected chi connectivity index (χ3v) is 9.07. The second kappa shape index (κ2) is 6.40. The Balaban J connectivity index is 1.98. The molecular formula is C21H16AsN. The van der Waals surface area contributed by atoms with E-state index in [-0.39, 0.29) is 0 Å². The fraction of sp³-hybridized carbons (Fsp3) is 0. The molecule has 0 unspecified atom stereocenters. The summed E-state index contributed by atoms with van der Waals surface area (Å²) < 4.78 is 4.27. The van der Waals surface area contributed by atoms with E-state index in [2.05, 4.69) is 89.9 Å². The van der Waals surface area contributed by atoms with Crippen molar-refractivity contribution >= 4 is 38.6 Å². The number of fused-ring (bicyclic) bond motifs is 1. The zero-order valence-corrected chi connectivity index (χ0v) is 14.5. The summed E-state index contributed by atoms with van der Waals surface area (Å²) in [5, 5.41) is 1.22. The Bertz CT molecular complexity index is 875. The van der Waals surface area contributed by atoms with Gasteiger partial charge in [-0.05, 0) is 0 Å². The van der Waals surface area contributed by atoms with Crippen molar-refractivity contribution in [2.24, 2.45) is 0 Å². The van der Waals surface area contributed by atoms with Gasteiger partial charge in [0.25, 0.3) is 0 Å². The molecule has 1 aromatic heterocycles. The van der Waals surface area contributed by atoms with Crippen LogP contribution in [0.1, 0.15) is 0 Å². The van der Waals surface area contributed by atoms with Crippen molar-refractivity contribution in [2.45, 2.75) is 0 Å². The van der Waals surface area contributed by atoms with Crippen LogP contribution in [-0.2, 0) is 0 Å². The number of hydrogen-bond donors (Lipinski definition) is 0. The predicted molar refractivity (Wildman–Crippen MR) is 99.3 cm³/mol. The van der Waals surface area contributed by atoms with Gasteiger partial charge in [0.05, 0.1) is 0 Å². The number of benzene rings is 3. The van der Waals surface area contributed by atoms with Crippen LogP contribution in [0.25, 0.3) is 10.9 Å². The van der Waals surface area contributed by atoms with Crippen molar-refractivity contribution in [1.29, 1.82) is 0 Å². The second-order valence-corrected chi connectivity index (χ2v) is 9.94. The minimum absolute atomic E-state index is 1.14. The van der Waals surface area contributed by atoms with E-state index in [9.17, 15) is 0 Å². The molecule has 0 radical (unpaired) electrons. The topological polar surface area (TPSA) is 12.9 Å². The summed E-state index contributed by atoms with van der Waals surface area (Å²) in [6, 6.07) is 32.5. The van der Waals surface area contributed by atoms with Crippen molar-refractivity contribution in [1.82, 2.24) is 4.98 Å². The fourth-order valence-electron chi connectivity index (χ4n) is 2.85. The summed E-state index contributed by atoms with van der Waals surface area (Å²) >= 11 is -1.61. The van der Waals surface area contributed by atoms with Crippen LogP contribution in [0.4, 0.5) is 0 Å². The van der Waals surface area contributed by atoms with Crippen molar-refractivity contribution in [3.05, 3.63) is 97.2 Å². The van der Waals surface area contributed by atoms with Crippen LogP contribution in [0.3, 0.4) is 0 Å². The standard InChI is InChI=1S/C21H16AsN/c1-3-11-18(12-4-1)22(19-13-5-2-6-14-19)20-15-7-9-17-10-8-16-23-21(17)20/h1-16H. The molecule has 0 spiro atoms. The Labute approximate surface area is 140 Å². The van der Waals surface area contributed by atoms with Gasteiger partial charge >= 0.3 is 141 Å². The molecule has 4 rings (SSSR count). The van der Waals surface area contributed by atoms with Gasteiger partial charge in [0.15, 0.2) is 0 Å². The van der Waals surface area contributed by atoms with Gasteiger partial charge in [0.1, 0.15) is 0 Å². The number of nitrogens with zero attached hydrogens (tertiary/aromatic N) is 1. The van der Waals surface area contributed by atoms with Crippen LogP contribution < -0.4 is 13.1 Å². The third-order valence-electron chi connectivity index (χ3n) is 3.88. The molecule has 1 heterocycles. The van der Waals surface area contributed by atoms with Gasteiger partial charge in [-0.15, -0.1) is 0 Å². The first kappa shape index (κ1) is 14.2. The Hall–Kier alpha value is -2.37. The molecule has 2 heteroatoms. The Morgan fingerprint density at radius 2 is 1.17 bits per heavy atom. The van der Waals surface area contributed by atoms with E-state index in [1.165, 1.54) is 18.4 Å². The molecule has 0 aliphatic heterocycles. The molecule has 3 aromatic carbocycles. The molecule has 23 heavy (non-hydrogen) atoms. The summed E-state index contributed by atoms with van der Waals surface area (Å²) in [4.78, 5) is 4.69. The molecule has 0 aliphatic rings. The molecular weight excluding hydrogens is 341 g/mol. The number of hydrogen-bond acceptors (Lipinski definition) is 1. The monoisotopic (exact) mass is 357 g/mol. The average Bonchev–Trinajstić information content (AvgIpc) is 2.64. The van der Waals surface area contributed by atoms with Crippen LogP contribution in [0, 0.1) is 0 Å². The van der Waals surface area contributed by atoms with Crippen LogP contribution >= 0.6 is 0 Å². The first-order valence-corrected chi connectivity index (χ1v) is 10.5. The summed E-state index contributed by atoms with van der Waals surface area (Å²) in [5.74, 6) is 0. The van der Waals surface area contributed by atoms with Crippen LogP contribution in [0.2, 0.25) is 0 Å². The number of aromatic nitrogens is 1. The van der Waals surface area contributed by atoms with Gasteiger partial charge in [-0.1, -0.05) is 0 Å². The van der Waals surface area contributed by atoms with Crippen LogP contribution in [0.5, 0.6) is 0 Å². The summed E-state index contributed by atoms with van der Waals surface area (Å²) in [7, 11) is 0. The predicted octanol–water partition coefficient (Wildman–Crippen LogP) is 2.75. The maximum absolute atomic E-state index is 4.69. The molecule has 0 aliphatic carbocycles. The molecule has 0 bridgehead atoms. The Morgan fingerprint density at radius 3 is 1.83 bits per heavy atom. The van der Waals surface area contributed by atoms with Crippen LogP contribution in [-0.4, -0.2) is 19.6 Å². The molecule has 0 atom stereocenters. The number of para-hydroxylation sites is 1. The van der Waals surface area contributed by atoms with Gasteiger partial charge in [0.2, 0.25) is 0 Å². The quantitative estimate of drug-likeness (QED) is 0.514. The number of pyridine rings is 1.